The van der Waals surface area contributed by atoms with Crippen LogP contribution < -0.4 is 4.90 Å². The Bertz CT molecular complexity index is 563. The number of hydrogen-bond donors (Lipinski definition) is 1. The lowest BCUT2D eigenvalue weighted by molar-refractivity contribution is -0.116. The molecule has 0 aromatic heterocycles. The molecule has 0 amide bonds. The van der Waals surface area contributed by atoms with Gasteiger partial charge in [0.1, 0.15) is 11.4 Å². The predicted octanol–water partition coefficient (Wildman–Crippen LogP) is 1.17. The van der Waals surface area contributed by atoms with Crippen LogP contribution in [0.15, 0.2) is 24.3 Å². The van der Waals surface area contributed by atoms with Crippen molar-refractivity contribution in [1.82, 2.24) is 9.80 Å². The quantitative estimate of drug-likeness (QED) is 0.884. The summed E-state index contributed by atoms with van der Waals surface area (Å²) in [6, 6.07) is 7.39. The Morgan fingerprint density at radius 1 is 1.12 bits per heavy atom. The standard InChI is InChI=1S/C19H28FN3O2/c20-16-2-4-17(5-3-16)22-7-9-23(10-8-22)18-12-21(13-18)14-19(24)6-1-11-25-15-19/h2-5,18,24H,1,6-15H2. The lowest BCUT2D eigenvalue weighted by Gasteiger charge is -2.50. The third-order valence-corrected chi connectivity index (χ3v) is 5.78. The topological polar surface area (TPSA) is 39.2 Å². The SMILES string of the molecule is OC1(CN2CC(N3CCN(c4ccc(F)cc4)CC3)C2)CCCOC1. The van der Waals surface area contributed by atoms with E-state index in [0.29, 0.717) is 12.6 Å². The van der Waals surface area contributed by atoms with Gasteiger partial charge in [-0.3, -0.25) is 9.80 Å². The highest BCUT2D eigenvalue weighted by Gasteiger charge is 2.39. The van der Waals surface area contributed by atoms with Gasteiger partial charge in [-0.1, -0.05) is 0 Å². The number of ether oxygens (including phenoxy) is 1. The molecule has 1 atom stereocenters. The van der Waals surface area contributed by atoms with Crippen LogP contribution in [0.3, 0.4) is 0 Å². The number of nitrogens with zero attached hydrogens (tertiary/aromatic N) is 3. The molecule has 3 saturated heterocycles. The van der Waals surface area contributed by atoms with Gasteiger partial charge in [-0.05, 0) is 37.1 Å². The molecule has 0 radical (unpaired) electrons. The molecule has 0 spiro atoms. The average Bonchev–Trinajstić information content (AvgIpc) is 2.59. The molecule has 3 aliphatic rings. The van der Waals surface area contributed by atoms with Crippen molar-refractivity contribution < 1.29 is 14.2 Å². The maximum absolute atomic E-state index is 13.0. The zero-order chi connectivity index (χ0) is 17.3. The fraction of sp³-hybridized carbons (Fsp3) is 0.684. The number of β-amino-alcohol motifs (C(OH)–C–C–N with tert-alkyl or cyclic N) is 1. The van der Waals surface area contributed by atoms with Crippen molar-refractivity contribution >= 4 is 5.69 Å². The Morgan fingerprint density at radius 2 is 1.84 bits per heavy atom. The van der Waals surface area contributed by atoms with Crippen molar-refractivity contribution in [3.63, 3.8) is 0 Å². The summed E-state index contributed by atoms with van der Waals surface area (Å²) >= 11 is 0. The van der Waals surface area contributed by atoms with E-state index in [-0.39, 0.29) is 5.82 Å². The molecule has 0 saturated carbocycles. The minimum absolute atomic E-state index is 0.179. The van der Waals surface area contributed by atoms with Crippen molar-refractivity contribution in [2.45, 2.75) is 24.5 Å². The normalized spacial score (nSPS) is 29.6. The second-order valence-electron chi connectivity index (χ2n) is 7.73. The fourth-order valence-electron chi connectivity index (χ4n) is 4.28. The smallest absolute Gasteiger partial charge is 0.123 e. The maximum Gasteiger partial charge on any atom is 0.123 e. The van der Waals surface area contributed by atoms with Crippen LogP contribution in [0.4, 0.5) is 10.1 Å². The first-order chi connectivity index (χ1) is 12.1. The second kappa shape index (κ2) is 7.19. The van der Waals surface area contributed by atoms with Gasteiger partial charge in [-0.15, -0.1) is 0 Å². The number of piperazine rings is 1. The van der Waals surface area contributed by atoms with Crippen LogP contribution in [0.1, 0.15) is 12.8 Å². The summed E-state index contributed by atoms with van der Waals surface area (Å²) in [5.41, 5.74) is 0.459. The highest BCUT2D eigenvalue weighted by Crippen LogP contribution is 2.25. The van der Waals surface area contributed by atoms with Crippen LogP contribution in [-0.2, 0) is 4.74 Å². The number of likely N-dealkylation sites (tertiary alicyclic amines) is 1. The molecule has 25 heavy (non-hydrogen) atoms. The number of anilines is 1. The van der Waals surface area contributed by atoms with Gasteiger partial charge in [0.05, 0.1) is 6.61 Å². The molecule has 138 valence electrons. The summed E-state index contributed by atoms with van der Waals surface area (Å²) in [5, 5.41) is 10.6. The van der Waals surface area contributed by atoms with E-state index in [0.717, 1.165) is 70.9 Å². The summed E-state index contributed by atoms with van der Waals surface area (Å²) in [7, 11) is 0. The van der Waals surface area contributed by atoms with E-state index in [2.05, 4.69) is 14.7 Å². The number of hydrogen-bond acceptors (Lipinski definition) is 5. The second-order valence-corrected chi connectivity index (χ2v) is 7.73. The molecule has 3 fully saturated rings. The Balaban J connectivity index is 1.21. The van der Waals surface area contributed by atoms with Crippen molar-refractivity contribution in [3.05, 3.63) is 30.1 Å². The van der Waals surface area contributed by atoms with E-state index in [4.69, 9.17) is 4.74 Å². The van der Waals surface area contributed by atoms with E-state index in [1.165, 1.54) is 12.1 Å². The van der Waals surface area contributed by atoms with Crippen LogP contribution in [0, 0.1) is 5.82 Å². The van der Waals surface area contributed by atoms with E-state index < -0.39 is 5.60 Å². The molecule has 3 heterocycles. The van der Waals surface area contributed by atoms with Crippen LogP contribution >= 0.6 is 0 Å². The number of benzene rings is 1. The Labute approximate surface area is 149 Å². The average molecular weight is 349 g/mol. The predicted molar refractivity (Wildman–Crippen MR) is 95.4 cm³/mol. The lowest BCUT2D eigenvalue weighted by Crippen LogP contribution is -2.65. The van der Waals surface area contributed by atoms with Gasteiger partial charge >= 0.3 is 0 Å². The van der Waals surface area contributed by atoms with Crippen molar-refractivity contribution in [2.24, 2.45) is 0 Å². The monoisotopic (exact) mass is 349 g/mol. The fourth-order valence-corrected chi connectivity index (χ4v) is 4.28. The Kier molecular flexibility index (Phi) is 4.95. The number of halogens is 1. The van der Waals surface area contributed by atoms with Crippen molar-refractivity contribution in [2.75, 3.05) is 63.9 Å². The molecule has 0 bridgehead atoms. The van der Waals surface area contributed by atoms with Crippen LogP contribution in [0.25, 0.3) is 0 Å². The van der Waals surface area contributed by atoms with Crippen LogP contribution in [0.5, 0.6) is 0 Å². The van der Waals surface area contributed by atoms with Gasteiger partial charge in [-0.25, -0.2) is 4.39 Å². The summed E-state index contributed by atoms with van der Waals surface area (Å²) in [6.45, 7) is 8.14. The minimum Gasteiger partial charge on any atom is -0.386 e. The zero-order valence-corrected chi connectivity index (χ0v) is 14.7. The third-order valence-electron chi connectivity index (χ3n) is 5.78. The molecule has 3 aliphatic heterocycles. The highest BCUT2D eigenvalue weighted by molar-refractivity contribution is 5.46. The lowest BCUT2D eigenvalue weighted by atomic mass is 9.93. The first-order valence-corrected chi connectivity index (χ1v) is 9.38. The van der Waals surface area contributed by atoms with E-state index in [1.807, 2.05) is 12.1 Å². The molecule has 5 nitrogen and oxygen atoms in total. The van der Waals surface area contributed by atoms with Crippen molar-refractivity contribution in [3.8, 4) is 0 Å². The molecule has 0 aliphatic carbocycles. The molecule has 1 aromatic rings. The van der Waals surface area contributed by atoms with E-state index in [9.17, 15) is 9.50 Å². The summed E-state index contributed by atoms with van der Waals surface area (Å²) in [4.78, 5) is 7.23. The van der Waals surface area contributed by atoms with Gasteiger partial charge in [0.15, 0.2) is 0 Å². The molecular formula is C19H28FN3O2. The van der Waals surface area contributed by atoms with Crippen molar-refractivity contribution in [1.29, 1.82) is 0 Å². The summed E-state index contributed by atoms with van der Waals surface area (Å²) in [6.07, 6.45) is 1.81. The minimum atomic E-state index is -0.648. The van der Waals surface area contributed by atoms with Gasteiger partial charge in [0.25, 0.3) is 0 Å². The van der Waals surface area contributed by atoms with Crippen LogP contribution in [-0.4, -0.2) is 85.6 Å². The first kappa shape index (κ1) is 17.2. The largest absolute Gasteiger partial charge is 0.386 e. The maximum atomic E-state index is 13.0. The Morgan fingerprint density at radius 3 is 2.48 bits per heavy atom. The molecule has 1 unspecified atom stereocenters. The molecule has 1 aromatic carbocycles. The van der Waals surface area contributed by atoms with Gasteiger partial charge in [0, 0.05) is 64.1 Å². The van der Waals surface area contributed by atoms with Gasteiger partial charge in [0.2, 0.25) is 0 Å². The summed E-state index contributed by atoms with van der Waals surface area (Å²) < 4.78 is 18.5. The van der Waals surface area contributed by atoms with Crippen LogP contribution in [0.2, 0.25) is 0 Å². The Hall–Kier alpha value is -1.21. The molecule has 6 heteroatoms. The van der Waals surface area contributed by atoms with Gasteiger partial charge < -0.3 is 14.7 Å². The molecule has 1 N–H and O–H groups in total. The van der Waals surface area contributed by atoms with Gasteiger partial charge in [-0.2, -0.15) is 0 Å². The zero-order valence-electron chi connectivity index (χ0n) is 14.7. The molecule has 4 rings (SSSR count). The first-order valence-electron chi connectivity index (χ1n) is 9.38. The number of rotatable bonds is 4. The molecular weight excluding hydrogens is 321 g/mol. The third kappa shape index (κ3) is 3.97. The van der Waals surface area contributed by atoms with E-state index >= 15 is 0 Å². The summed E-state index contributed by atoms with van der Waals surface area (Å²) in [5.74, 6) is -0.179. The number of aliphatic hydroxyl groups is 1. The highest BCUT2D eigenvalue weighted by atomic mass is 19.1. The van der Waals surface area contributed by atoms with E-state index in [1.54, 1.807) is 0 Å².